The van der Waals surface area contributed by atoms with Crippen molar-refractivity contribution < 1.29 is 9.47 Å². The molecular formula is C12H20N2O2. The summed E-state index contributed by atoms with van der Waals surface area (Å²) in [6.07, 6.45) is 1.71. The van der Waals surface area contributed by atoms with E-state index in [0.29, 0.717) is 19.1 Å². The third kappa shape index (κ3) is 4.16. The predicted molar refractivity (Wildman–Crippen MR) is 63.4 cm³/mol. The zero-order valence-corrected chi connectivity index (χ0v) is 10.1. The average molecular weight is 224 g/mol. The number of hydrogen-bond acceptors (Lipinski definition) is 4. The Kier molecular flexibility index (Phi) is 5.22. The molecule has 16 heavy (non-hydrogen) atoms. The van der Waals surface area contributed by atoms with Crippen molar-refractivity contribution in [3.05, 3.63) is 23.9 Å². The molecule has 0 spiro atoms. The van der Waals surface area contributed by atoms with Crippen LogP contribution in [0, 0.1) is 0 Å². The van der Waals surface area contributed by atoms with Gasteiger partial charge in [-0.25, -0.2) is 4.98 Å². The largest absolute Gasteiger partial charge is 0.472 e. The number of ether oxygens (including phenoxy) is 2. The second-order valence-electron chi connectivity index (χ2n) is 3.80. The number of pyridine rings is 1. The van der Waals surface area contributed by atoms with E-state index in [2.05, 4.69) is 4.98 Å². The smallest absolute Gasteiger partial charge is 0.213 e. The lowest BCUT2D eigenvalue weighted by atomic mass is 10.1. The summed E-state index contributed by atoms with van der Waals surface area (Å²) in [7, 11) is 0. The first-order chi connectivity index (χ1) is 7.63. The first kappa shape index (κ1) is 12.9. The maximum atomic E-state index is 5.79. The number of aromatic nitrogens is 1. The van der Waals surface area contributed by atoms with Gasteiger partial charge in [-0.15, -0.1) is 0 Å². The molecule has 4 nitrogen and oxygen atoms in total. The summed E-state index contributed by atoms with van der Waals surface area (Å²) in [5.41, 5.74) is 6.81. The van der Waals surface area contributed by atoms with Crippen molar-refractivity contribution in [3.8, 4) is 5.88 Å². The Hall–Kier alpha value is -1.13. The summed E-state index contributed by atoms with van der Waals surface area (Å²) < 4.78 is 10.9. The molecule has 0 radical (unpaired) electrons. The van der Waals surface area contributed by atoms with Crippen LogP contribution < -0.4 is 10.5 Å². The van der Waals surface area contributed by atoms with Gasteiger partial charge in [0.25, 0.3) is 0 Å². The first-order valence-corrected chi connectivity index (χ1v) is 5.59. The van der Waals surface area contributed by atoms with Crippen LogP contribution in [0.1, 0.15) is 32.4 Å². The van der Waals surface area contributed by atoms with Crippen molar-refractivity contribution >= 4 is 0 Å². The van der Waals surface area contributed by atoms with E-state index in [0.717, 1.165) is 5.56 Å². The van der Waals surface area contributed by atoms with Crippen LogP contribution in [-0.2, 0) is 4.74 Å². The Morgan fingerprint density at radius 1 is 1.44 bits per heavy atom. The van der Waals surface area contributed by atoms with E-state index in [4.69, 9.17) is 15.2 Å². The van der Waals surface area contributed by atoms with Gasteiger partial charge >= 0.3 is 0 Å². The third-order valence-corrected chi connectivity index (χ3v) is 2.16. The molecule has 0 aliphatic rings. The van der Waals surface area contributed by atoms with Gasteiger partial charge in [-0.1, -0.05) is 0 Å². The van der Waals surface area contributed by atoms with Gasteiger partial charge in [-0.2, -0.15) is 0 Å². The van der Waals surface area contributed by atoms with Crippen LogP contribution in [-0.4, -0.2) is 24.3 Å². The number of rotatable bonds is 6. The molecule has 0 saturated heterocycles. The lowest BCUT2D eigenvalue weighted by Crippen LogP contribution is -2.19. The SMILES string of the molecule is CCOCC(C)Oc1cc(C(C)N)ccn1. The van der Waals surface area contributed by atoms with Crippen molar-refractivity contribution in [1.82, 2.24) is 4.98 Å². The van der Waals surface area contributed by atoms with Gasteiger partial charge in [-0.05, 0) is 32.4 Å². The lowest BCUT2D eigenvalue weighted by molar-refractivity contribution is 0.0633. The Balaban J connectivity index is 2.56. The normalized spacial score (nSPS) is 14.5. The maximum Gasteiger partial charge on any atom is 0.213 e. The lowest BCUT2D eigenvalue weighted by Gasteiger charge is -2.14. The summed E-state index contributed by atoms with van der Waals surface area (Å²) in [6.45, 7) is 7.11. The number of nitrogens with two attached hydrogens (primary N) is 1. The molecule has 0 aromatic carbocycles. The van der Waals surface area contributed by atoms with Crippen molar-refractivity contribution in [2.24, 2.45) is 5.73 Å². The van der Waals surface area contributed by atoms with Crippen LogP contribution in [0.2, 0.25) is 0 Å². The summed E-state index contributed by atoms with van der Waals surface area (Å²) in [6, 6.07) is 3.75. The van der Waals surface area contributed by atoms with Gasteiger partial charge in [0.1, 0.15) is 6.10 Å². The molecule has 0 amide bonds. The molecule has 0 aliphatic heterocycles. The molecule has 0 saturated carbocycles. The molecule has 90 valence electrons. The fourth-order valence-corrected chi connectivity index (χ4v) is 1.30. The maximum absolute atomic E-state index is 5.79. The van der Waals surface area contributed by atoms with Crippen LogP contribution in [0.3, 0.4) is 0 Å². The monoisotopic (exact) mass is 224 g/mol. The van der Waals surface area contributed by atoms with Crippen LogP contribution in [0.5, 0.6) is 5.88 Å². The fourth-order valence-electron chi connectivity index (χ4n) is 1.30. The zero-order valence-electron chi connectivity index (χ0n) is 10.1. The van der Waals surface area contributed by atoms with E-state index in [9.17, 15) is 0 Å². The van der Waals surface area contributed by atoms with E-state index in [1.165, 1.54) is 0 Å². The van der Waals surface area contributed by atoms with E-state index in [1.807, 2.05) is 32.9 Å². The van der Waals surface area contributed by atoms with Crippen LogP contribution in [0.25, 0.3) is 0 Å². The second-order valence-corrected chi connectivity index (χ2v) is 3.80. The molecule has 2 N–H and O–H groups in total. The summed E-state index contributed by atoms with van der Waals surface area (Å²) >= 11 is 0. The Morgan fingerprint density at radius 2 is 2.19 bits per heavy atom. The van der Waals surface area contributed by atoms with Gasteiger partial charge < -0.3 is 15.2 Å². The van der Waals surface area contributed by atoms with E-state index in [-0.39, 0.29) is 12.1 Å². The molecule has 0 bridgehead atoms. The summed E-state index contributed by atoms with van der Waals surface area (Å²) in [5, 5.41) is 0. The van der Waals surface area contributed by atoms with Gasteiger partial charge in [0, 0.05) is 24.9 Å². The molecule has 0 aliphatic carbocycles. The number of hydrogen-bond donors (Lipinski definition) is 1. The highest BCUT2D eigenvalue weighted by Gasteiger charge is 2.07. The Labute approximate surface area is 96.8 Å². The standard InChI is InChI=1S/C12H20N2O2/c1-4-15-8-9(2)16-12-7-11(10(3)13)5-6-14-12/h5-7,9-10H,4,8,13H2,1-3H3. The minimum absolute atomic E-state index is 0.00391. The quantitative estimate of drug-likeness (QED) is 0.802. The molecule has 1 rings (SSSR count). The highest BCUT2D eigenvalue weighted by Crippen LogP contribution is 2.15. The fraction of sp³-hybridized carbons (Fsp3) is 0.583. The van der Waals surface area contributed by atoms with Gasteiger partial charge in [-0.3, -0.25) is 0 Å². The highest BCUT2D eigenvalue weighted by molar-refractivity contribution is 5.22. The van der Waals surface area contributed by atoms with Crippen molar-refractivity contribution in [2.75, 3.05) is 13.2 Å². The molecule has 1 heterocycles. The third-order valence-electron chi connectivity index (χ3n) is 2.16. The summed E-state index contributed by atoms with van der Waals surface area (Å²) in [4.78, 5) is 4.14. The van der Waals surface area contributed by atoms with Crippen molar-refractivity contribution in [3.63, 3.8) is 0 Å². The molecule has 4 heteroatoms. The Morgan fingerprint density at radius 3 is 2.81 bits per heavy atom. The van der Waals surface area contributed by atoms with E-state index in [1.54, 1.807) is 6.20 Å². The zero-order chi connectivity index (χ0) is 12.0. The van der Waals surface area contributed by atoms with Gasteiger partial charge in [0.05, 0.1) is 6.61 Å². The molecule has 2 atom stereocenters. The minimum atomic E-state index is -0.00690. The van der Waals surface area contributed by atoms with Crippen LogP contribution in [0.4, 0.5) is 0 Å². The predicted octanol–water partition coefficient (Wildman–Crippen LogP) is 1.91. The van der Waals surface area contributed by atoms with E-state index < -0.39 is 0 Å². The van der Waals surface area contributed by atoms with Gasteiger partial charge in [0.15, 0.2) is 0 Å². The molecule has 2 unspecified atom stereocenters. The average Bonchev–Trinajstić information content (AvgIpc) is 2.26. The minimum Gasteiger partial charge on any atom is -0.472 e. The van der Waals surface area contributed by atoms with E-state index >= 15 is 0 Å². The summed E-state index contributed by atoms with van der Waals surface area (Å²) in [5.74, 6) is 0.599. The van der Waals surface area contributed by atoms with Gasteiger partial charge in [0.2, 0.25) is 5.88 Å². The van der Waals surface area contributed by atoms with Crippen LogP contribution >= 0.6 is 0 Å². The van der Waals surface area contributed by atoms with Crippen molar-refractivity contribution in [2.45, 2.75) is 32.9 Å². The van der Waals surface area contributed by atoms with Crippen LogP contribution in [0.15, 0.2) is 18.3 Å². The van der Waals surface area contributed by atoms with Crippen molar-refractivity contribution in [1.29, 1.82) is 0 Å². The molecule has 1 aromatic heterocycles. The topological polar surface area (TPSA) is 57.4 Å². The second kappa shape index (κ2) is 6.45. The number of nitrogens with zero attached hydrogens (tertiary/aromatic N) is 1. The first-order valence-electron chi connectivity index (χ1n) is 5.59. The highest BCUT2D eigenvalue weighted by atomic mass is 16.5. The molecular weight excluding hydrogens is 204 g/mol. The molecule has 1 aromatic rings. The molecule has 0 fully saturated rings. The Bertz CT molecular complexity index is 316.